The van der Waals surface area contributed by atoms with Crippen LogP contribution in [0.25, 0.3) is 0 Å². The monoisotopic (exact) mass is 434 g/mol. The summed E-state index contributed by atoms with van der Waals surface area (Å²) in [4.78, 5) is 29.7. The molecule has 5 rings (SSSR count). The van der Waals surface area contributed by atoms with Crippen molar-refractivity contribution < 1.29 is 14.0 Å². The van der Waals surface area contributed by atoms with E-state index in [2.05, 4.69) is 17.4 Å². The minimum atomic E-state index is -0.738. The second kappa shape index (κ2) is 8.71. The van der Waals surface area contributed by atoms with E-state index in [1.165, 1.54) is 28.7 Å². The molecule has 1 unspecified atom stereocenters. The summed E-state index contributed by atoms with van der Waals surface area (Å²) < 4.78 is 5.45. The predicted octanol–water partition coefficient (Wildman–Crippen LogP) is 5.28. The Balaban J connectivity index is 1.57. The lowest BCUT2D eigenvalue weighted by molar-refractivity contribution is -0.123. The fourth-order valence-electron chi connectivity index (χ4n) is 4.78. The van der Waals surface area contributed by atoms with Crippen molar-refractivity contribution >= 4 is 28.8 Å². The number of aryl methyl sites for hydroxylation is 2. The Labute approximate surface area is 186 Å². The molecule has 31 heavy (non-hydrogen) atoms. The highest BCUT2D eigenvalue weighted by Gasteiger charge is 2.36. The number of carbonyl (C=O) groups excluding carboxylic acids is 2. The van der Waals surface area contributed by atoms with Crippen molar-refractivity contribution in [3.63, 3.8) is 0 Å². The quantitative estimate of drug-likeness (QED) is 0.574. The van der Waals surface area contributed by atoms with Gasteiger partial charge in [-0.1, -0.05) is 25.0 Å². The Morgan fingerprint density at radius 1 is 1.03 bits per heavy atom. The van der Waals surface area contributed by atoms with E-state index < -0.39 is 6.04 Å². The van der Waals surface area contributed by atoms with Crippen molar-refractivity contribution in [1.82, 2.24) is 5.32 Å². The molecule has 3 aromatic rings. The van der Waals surface area contributed by atoms with Crippen molar-refractivity contribution in [3.05, 3.63) is 75.9 Å². The standard InChI is InChI=1S/C25H26N2O3S/c28-24(26-19-8-1-2-9-19)23(22-11-5-15-31-22)27(25(29)21-10-4-14-30-21)20-13-12-17-6-3-7-18(17)16-20/h4-5,10-16,19,23H,1-3,6-9H2,(H,26,28). The number of furan rings is 1. The maximum absolute atomic E-state index is 13.6. The van der Waals surface area contributed by atoms with Crippen LogP contribution in [0.3, 0.4) is 0 Å². The molecule has 2 aliphatic carbocycles. The number of hydrogen-bond donors (Lipinski definition) is 1. The van der Waals surface area contributed by atoms with Gasteiger partial charge in [0.15, 0.2) is 11.8 Å². The summed E-state index contributed by atoms with van der Waals surface area (Å²) in [5.41, 5.74) is 3.33. The molecule has 2 heterocycles. The molecule has 1 N–H and O–H groups in total. The van der Waals surface area contributed by atoms with Crippen molar-refractivity contribution in [2.45, 2.75) is 57.0 Å². The van der Waals surface area contributed by atoms with E-state index in [1.807, 2.05) is 23.6 Å². The molecule has 0 spiro atoms. The lowest BCUT2D eigenvalue weighted by Gasteiger charge is -2.31. The molecule has 0 aliphatic heterocycles. The highest BCUT2D eigenvalue weighted by molar-refractivity contribution is 7.10. The van der Waals surface area contributed by atoms with E-state index in [0.717, 1.165) is 55.5 Å². The first-order valence-corrected chi connectivity index (χ1v) is 11.9. The predicted molar refractivity (Wildman–Crippen MR) is 121 cm³/mol. The van der Waals surface area contributed by atoms with E-state index in [-0.39, 0.29) is 23.6 Å². The number of nitrogens with one attached hydrogen (secondary N) is 1. The molecule has 2 aliphatic rings. The number of thiophene rings is 1. The molecule has 1 saturated carbocycles. The summed E-state index contributed by atoms with van der Waals surface area (Å²) >= 11 is 1.50. The van der Waals surface area contributed by atoms with Crippen LogP contribution < -0.4 is 10.2 Å². The summed E-state index contributed by atoms with van der Waals surface area (Å²) in [5, 5.41) is 5.16. The summed E-state index contributed by atoms with van der Waals surface area (Å²) in [6.07, 6.45) is 8.95. The van der Waals surface area contributed by atoms with Crippen molar-refractivity contribution in [3.8, 4) is 0 Å². The van der Waals surface area contributed by atoms with Gasteiger partial charge in [0.05, 0.1) is 6.26 Å². The number of carbonyl (C=O) groups is 2. The first-order valence-electron chi connectivity index (χ1n) is 11.0. The summed E-state index contributed by atoms with van der Waals surface area (Å²) in [6, 6.07) is 12.8. The van der Waals surface area contributed by atoms with Gasteiger partial charge in [0.25, 0.3) is 5.91 Å². The fourth-order valence-corrected chi connectivity index (χ4v) is 5.59. The van der Waals surface area contributed by atoms with E-state index in [9.17, 15) is 9.59 Å². The third kappa shape index (κ3) is 4.04. The smallest absolute Gasteiger partial charge is 0.295 e. The first kappa shape index (κ1) is 20.1. The first-order chi connectivity index (χ1) is 15.2. The van der Waals surface area contributed by atoms with Gasteiger partial charge in [-0.2, -0.15) is 0 Å². The van der Waals surface area contributed by atoms with Crippen molar-refractivity contribution in [2.75, 3.05) is 4.90 Å². The molecule has 160 valence electrons. The van der Waals surface area contributed by atoms with Crippen LogP contribution in [0.1, 0.15) is 64.7 Å². The van der Waals surface area contributed by atoms with Gasteiger partial charge in [0, 0.05) is 16.6 Å². The molecule has 1 fully saturated rings. The van der Waals surface area contributed by atoms with Crippen LogP contribution >= 0.6 is 11.3 Å². The van der Waals surface area contributed by atoms with E-state index in [1.54, 1.807) is 17.0 Å². The van der Waals surface area contributed by atoms with Gasteiger partial charge in [-0.05, 0) is 78.9 Å². The average Bonchev–Trinajstić information content (AvgIpc) is 3.57. The molecule has 0 radical (unpaired) electrons. The lowest BCUT2D eigenvalue weighted by atomic mass is 10.1. The van der Waals surface area contributed by atoms with Gasteiger partial charge in [-0.3, -0.25) is 14.5 Å². The third-order valence-electron chi connectivity index (χ3n) is 6.33. The summed E-state index contributed by atoms with van der Waals surface area (Å²) in [5.74, 6) is -0.201. The Morgan fingerprint density at radius 2 is 1.87 bits per heavy atom. The van der Waals surface area contributed by atoms with Crippen LogP contribution in [-0.4, -0.2) is 17.9 Å². The molecule has 0 saturated heterocycles. The van der Waals surface area contributed by atoms with E-state index in [0.29, 0.717) is 0 Å². The number of rotatable bonds is 6. The topological polar surface area (TPSA) is 62.6 Å². The van der Waals surface area contributed by atoms with Crippen molar-refractivity contribution in [1.29, 1.82) is 0 Å². The molecule has 1 atom stereocenters. The van der Waals surface area contributed by atoms with Gasteiger partial charge in [0.2, 0.25) is 5.91 Å². The number of nitrogens with zero attached hydrogens (tertiary/aromatic N) is 1. The Hall–Kier alpha value is -2.86. The van der Waals surface area contributed by atoms with Gasteiger partial charge >= 0.3 is 0 Å². The molecule has 0 bridgehead atoms. The minimum absolute atomic E-state index is 0.130. The van der Waals surface area contributed by atoms with Crippen LogP contribution in [0.2, 0.25) is 0 Å². The second-order valence-electron chi connectivity index (χ2n) is 8.37. The molecule has 1 aromatic carbocycles. The zero-order valence-electron chi connectivity index (χ0n) is 17.4. The van der Waals surface area contributed by atoms with Gasteiger partial charge in [-0.15, -0.1) is 11.3 Å². The van der Waals surface area contributed by atoms with Crippen LogP contribution in [0.5, 0.6) is 0 Å². The second-order valence-corrected chi connectivity index (χ2v) is 9.35. The zero-order chi connectivity index (χ0) is 21.2. The number of hydrogen-bond acceptors (Lipinski definition) is 4. The molecule has 6 heteroatoms. The fraction of sp³-hybridized carbons (Fsp3) is 0.360. The molecule has 2 amide bonds. The summed E-state index contributed by atoms with van der Waals surface area (Å²) in [6.45, 7) is 0. The van der Waals surface area contributed by atoms with Gasteiger partial charge < -0.3 is 9.73 Å². The summed E-state index contributed by atoms with van der Waals surface area (Å²) in [7, 11) is 0. The normalized spacial score (nSPS) is 16.8. The third-order valence-corrected chi connectivity index (χ3v) is 7.26. The molecule has 5 nitrogen and oxygen atoms in total. The molecule has 2 aromatic heterocycles. The SMILES string of the molecule is O=C(NC1CCCC1)C(c1cccs1)N(C(=O)c1ccco1)c1ccc2c(c1)CCC2. The zero-order valence-corrected chi connectivity index (χ0v) is 18.2. The van der Waals surface area contributed by atoms with Crippen LogP contribution in [0, 0.1) is 0 Å². The largest absolute Gasteiger partial charge is 0.459 e. The van der Waals surface area contributed by atoms with Crippen LogP contribution in [-0.2, 0) is 17.6 Å². The Kier molecular flexibility index (Phi) is 5.64. The van der Waals surface area contributed by atoms with E-state index >= 15 is 0 Å². The lowest BCUT2D eigenvalue weighted by Crippen LogP contribution is -2.46. The van der Waals surface area contributed by atoms with Gasteiger partial charge in [0.1, 0.15) is 0 Å². The van der Waals surface area contributed by atoms with E-state index in [4.69, 9.17) is 4.42 Å². The van der Waals surface area contributed by atoms with Gasteiger partial charge in [-0.25, -0.2) is 0 Å². The minimum Gasteiger partial charge on any atom is -0.459 e. The Morgan fingerprint density at radius 3 is 2.61 bits per heavy atom. The molecular formula is C25H26N2O3S. The van der Waals surface area contributed by atoms with Crippen LogP contribution in [0.4, 0.5) is 5.69 Å². The maximum atomic E-state index is 13.6. The van der Waals surface area contributed by atoms with Crippen LogP contribution in [0.15, 0.2) is 58.5 Å². The highest BCUT2D eigenvalue weighted by atomic mass is 32.1. The number of benzene rings is 1. The number of anilines is 1. The van der Waals surface area contributed by atoms with Crippen molar-refractivity contribution in [2.24, 2.45) is 0 Å². The molecular weight excluding hydrogens is 408 g/mol. The average molecular weight is 435 g/mol. The maximum Gasteiger partial charge on any atom is 0.295 e. The number of amides is 2. The Bertz CT molecular complexity index is 1050. The number of fused-ring (bicyclic) bond motifs is 1. The highest BCUT2D eigenvalue weighted by Crippen LogP contribution is 2.35.